The summed E-state index contributed by atoms with van der Waals surface area (Å²) in [4.78, 5) is 0. The Morgan fingerprint density at radius 1 is 1.38 bits per heavy atom. The molecule has 13 heavy (non-hydrogen) atoms. The lowest BCUT2D eigenvalue weighted by Crippen LogP contribution is -2.42. The quantitative estimate of drug-likeness (QED) is 0.264. The highest BCUT2D eigenvalue weighted by molar-refractivity contribution is 4.68. The van der Waals surface area contributed by atoms with Crippen molar-refractivity contribution in [1.82, 2.24) is 5.43 Å². The summed E-state index contributed by atoms with van der Waals surface area (Å²) in [7, 11) is 0. The molecule has 0 rings (SSSR count). The third-order valence-corrected chi connectivity index (χ3v) is 2.15. The average Bonchev–Trinajstić information content (AvgIpc) is 2.14. The second-order valence-electron chi connectivity index (χ2n) is 3.23. The number of nitrogens with two attached hydrogens (primary N) is 1. The molecule has 1 atom stereocenters. The smallest absolute Gasteiger partial charge is 0.164 e. The lowest BCUT2D eigenvalue weighted by atomic mass is 9.96. The summed E-state index contributed by atoms with van der Waals surface area (Å²) in [5.74, 6) is 5.88. The van der Waals surface area contributed by atoms with Gasteiger partial charge in [-0.05, 0) is 12.8 Å². The summed E-state index contributed by atoms with van der Waals surface area (Å²) in [5.41, 5.74) is 2.68. The van der Waals surface area contributed by atoms with E-state index in [0.29, 0.717) is 5.92 Å². The van der Waals surface area contributed by atoms with Crippen LogP contribution in [-0.4, -0.2) is 6.23 Å². The highest BCUT2D eigenvalue weighted by Crippen LogP contribution is 2.18. The minimum absolute atomic E-state index is 0.0857. The topological polar surface area (TPSA) is 47.3 Å². The van der Waals surface area contributed by atoms with Gasteiger partial charge in [0.15, 0.2) is 6.23 Å². The van der Waals surface area contributed by atoms with Crippen molar-refractivity contribution in [3.63, 3.8) is 0 Å². The van der Waals surface area contributed by atoms with Gasteiger partial charge < -0.3 is 4.74 Å². The molecule has 0 bridgehead atoms. The van der Waals surface area contributed by atoms with E-state index < -0.39 is 0 Å². The molecule has 0 aliphatic rings. The Morgan fingerprint density at radius 3 is 2.23 bits per heavy atom. The normalized spacial score (nSPS) is 12.9. The summed E-state index contributed by atoms with van der Waals surface area (Å²) < 4.78 is 5.29. The van der Waals surface area contributed by atoms with Gasteiger partial charge in [0.05, 0.1) is 6.26 Å². The van der Waals surface area contributed by atoms with Crippen LogP contribution in [-0.2, 0) is 4.74 Å². The fourth-order valence-corrected chi connectivity index (χ4v) is 1.58. The molecule has 0 saturated carbocycles. The second kappa shape index (κ2) is 8.08. The van der Waals surface area contributed by atoms with Crippen LogP contribution < -0.4 is 11.3 Å². The zero-order valence-electron chi connectivity index (χ0n) is 8.75. The van der Waals surface area contributed by atoms with E-state index in [9.17, 15) is 0 Å². The van der Waals surface area contributed by atoms with Gasteiger partial charge in [0.2, 0.25) is 0 Å². The van der Waals surface area contributed by atoms with Crippen LogP contribution in [0.4, 0.5) is 0 Å². The molecule has 3 heteroatoms. The summed E-state index contributed by atoms with van der Waals surface area (Å²) in [6.07, 6.45) is 5.94. The Bertz CT molecular complexity index is 122. The predicted molar refractivity (Wildman–Crippen MR) is 55.7 cm³/mol. The maximum absolute atomic E-state index is 5.40. The van der Waals surface area contributed by atoms with E-state index in [4.69, 9.17) is 10.6 Å². The van der Waals surface area contributed by atoms with Crippen molar-refractivity contribution in [3.8, 4) is 0 Å². The van der Waals surface area contributed by atoms with Crippen molar-refractivity contribution in [3.05, 3.63) is 12.8 Å². The molecule has 0 saturated heterocycles. The lowest BCUT2D eigenvalue weighted by molar-refractivity contribution is 0.0479. The highest BCUT2D eigenvalue weighted by Gasteiger charge is 2.18. The molecule has 0 aromatic rings. The first-order valence-corrected chi connectivity index (χ1v) is 5.02. The highest BCUT2D eigenvalue weighted by atomic mass is 16.5. The molecule has 1 unspecified atom stereocenters. The predicted octanol–water partition coefficient (Wildman–Crippen LogP) is 2.15. The zero-order chi connectivity index (χ0) is 10.1. The summed E-state index contributed by atoms with van der Waals surface area (Å²) in [6, 6.07) is 0. The Labute approximate surface area is 81.3 Å². The molecule has 0 aromatic heterocycles. The van der Waals surface area contributed by atoms with E-state index >= 15 is 0 Å². The van der Waals surface area contributed by atoms with E-state index in [-0.39, 0.29) is 6.23 Å². The van der Waals surface area contributed by atoms with E-state index in [1.54, 1.807) is 0 Å². The van der Waals surface area contributed by atoms with Gasteiger partial charge >= 0.3 is 0 Å². The average molecular weight is 186 g/mol. The molecule has 0 spiro atoms. The van der Waals surface area contributed by atoms with Gasteiger partial charge in [-0.3, -0.25) is 5.84 Å². The molecule has 0 fully saturated rings. The summed E-state index contributed by atoms with van der Waals surface area (Å²) in [5, 5.41) is 0. The summed E-state index contributed by atoms with van der Waals surface area (Å²) in [6.45, 7) is 7.87. The molecule has 0 heterocycles. The lowest BCUT2D eigenvalue weighted by Gasteiger charge is -2.25. The standard InChI is InChI=1S/C10H22N2O/c1-4-7-9(8-5-2)10(12-11)13-6-3/h6,9-10,12H,3-5,7-8,11H2,1-2H3. The summed E-state index contributed by atoms with van der Waals surface area (Å²) >= 11 is 0. The van der Waals surface area contributed by atoms with Crippen LogP contribution in [0.5, 0.6) is 0 Å². The van der Waals surface area contributed by atoms with E-state index in [1.807, 2.05) is 0 Å². The fraction of sp³-hybridized carbons (Fsp3) is 0.800. The van der Waals surface area contributed by atoms with Crippen molar-refractivity contribution >= 4 is 0 Å². The monoisotopic (exact) mass is 186 g/mol. The van der Waals surface area contributed by atoms with Gasteiger partial charge in [0.1, 0.15) is 0 Å². The molecule has 3 nitrogen and oxygen atoms in total. The maximum Gasteiger partial charge on any atom is 0.164 e. The number of rotatable bonds is 8. The first-order valence-electron chi connectivity index (χ1n) is 5.02. The minimum atomic E-state index is -0.0857. The first-order chi connectivity index (χ1) is 6.29. The number of nitrogens with one attached hydrogen (secondary N) is 1. The van der Waals surface area contributed by atoms with Gasteiger partial charge in [-0.25, -0.2) is 5.43 Å². The third-order valence-electron chi connectivity index (χ3n) is 2.15. The zero-order valence-corrected chi connectivity index (χ0v) is 8.75. The SMILES string of the molecule is C=COC(NN)C(CCC)CCC. The van der Waals surface area contributed by atoms with Crippen LogP contribution in [0.2, 0.25) is 0 Å². The largest absolute Gasteiger partial charge is 0.482 e. The molecular formula is C10H22N2O. The van der Waals surface area contributed by atoms with Crippen molar-refractivity contribution in [2.45, 2.75) is 45.8 Å². The van der Waals surface area contributed by atoms with E-state index in [0.717, 1.165) is 25.7 Å². The number of hydrogen-bond acceptors (Lipinski definition) is 3. The second-order valence-corrected chi connectivity index (χ2v) is 3.23. The van der Waals surface area contributed by atoms with Crippen molar-refractivity contribution in [2.75, 3.05) is 0 Å². The van der Waals surface area contributed by atoms with Gasteiger partial charge in [0.25, 0.3) is 0 Å². The minimum Gasteiger partial charge on any atom is -0.482 e. The molecule has 0 aliphatic heterocycles. The van der Waals surface area contributed by atoms with Crippen LogP contribution in [0.25, 0.3) is 0 Å². The molecule has 0 amide bonds. The molecule has 3 N–H and O–H groups in total. The van der Waals surface area contributed by atoms with Crippen molar-refractivity contribution in [1.29, 1.82) is 0 Å². The van der Waals surface area contributed by atoms with Gasteiger partial charge in [-0.15, -0.1) is 0 Å². The van der Waals surface area contributed by atoms with E-state index in [2.05, 4.69) is 25.9 Å². The third kappa shape index (κ3) is 4.90. The number of ether oxygens (including phenoxy) is 1. The van der Waals surface area contributed by atoms with Crippen LogP contribution in [0, 0.1) is 5.92 Å². The molecule has 0 aliphatic carbocycles. The first kappa shape index (κ1) is 12.5. The van der Waals surface area contributed by atoms with Crippen LogP contribution in [0.3, 0.4) is 0 Å². The van der Waals surface area contributed by atoms with Crippen molar-refractivity contribution < 1.29 is 4.74 Å². The fourth-order valence-electron chi connectivity index (χ4n) is 1.58. The van der Waals surface area contributed by atoms with Crippen LogP contribution >= 0.6 is 0 Å². The Kier molecular flexibility index (Phi) is 7.74. The van der Waals surface area contributed by atoms with Crippen LogP contribution in [0.15, 0.2) is 12.8 Å². The van der Waals surface area contributed by atoms with Crippen molar-refractivity contribution in [2.24, 2.45) is 11.8 Å². The Hall–Kier alpha value is -0.540. The van der Waals surface area contributed by atoms with Crippen LogP contribution in [0.1, 0.15) is 39.5 Å². The van der Waals surface area contributed by atoms with E-state index in [1.165, 1.54) is 6.26 Å². The molecule has 0 aromatic carbocycles. The maximum atomic E-state index is 5.40. The Morgan fingerprint density at radius 2 is 1.92 bits per heavy atom. The number of hydrazine groups is 1. The molecule has 0 radical (unpaired) electrons. The molecular weight excluding hydrogens is 164 g/mol. The van der Waals surface area contributed by atoms with Gasteiger partial charge in [-0.2, -0.15) is 0 Å². The van der Waals surface area contributed by atoms with Gasteiger partial charge in [-0.1, -0.05) is 33.3 Å². The Balaban J connectivity index is 4.02. The number of hydrogen-bond donors (Lipinski definition) is 2. The molecule has 78 valence electrons. The van der Waals surface area contributed by atoms with Gasteiger partial charge in [0, 0.05) is 5.92 Å².